The van der Waals surface area contributed by atoms with E-state index in [2.05, 4.69) is 20.0 Å². The van der Waals surface area contributed by atoms with E-state index in [4.69, 9.17) is 0 Å². The lowest BCUT2D eigenvalue weighted by molar-refractivity contribution is -0.190. The third kappa shape index (κ3) is 5.72. The number of benzene rings is 1. The van der Waals surface area contributed by atoms with E-state index in [0.29, 0.717) is 12.0 Å². The van der Waals surface area contributed by atoms with Crippen molar-refractivity contribution in [2.75, 3.05) is 0 Å². The van der Waals surface area contributed by atoms with Crippen LogP contribution < -0.4 is 10.1 Å². The Morgan fingerprint density at radius 1 is 1.12 bits per heavy atom. The highest BCUT2D eigenvalue weighted by Gasteiger charge is 2.38. The number of amides is 1. The molecule has 0 bridgehead atoms. The molecule has 0 spiro atoms. The maximum atomic E-state index is 12.5. The van der Waals surface area contributed by atoms with Crippen molar-refractivity contribution in [1.29, 1.82) is 0 Å². The van der Waals surface area contributed by atoms with E-state index < -0.39 is 12.3 Å². The number of nitrogens with zero attached hydrogens (tertiary/aromatic N) is 2. The van der Waals surface area contributed by atoms with Crippen molar-refractivity contribution in [3.05, 3.63) is 42.2 Å². The van der Waals surface area contributed by atoms with Crippen molar-refractivity contribution in [3.8, 4) is 17.1 Å². The van der Waals surface area contributed by atoms with E-state index in [1.54, 1.807) is 0 Å². The van der Waals surface area contributed by atoms with Gasteiger partial charge >= 0.3 is 12.2 Å². The Morgan fingerprint density at radius 3 is 2.19 bits per heavy atom. The topological polar surface area (TPSA) is 64.1 Å². The number of carbonyl (C=O) groups excluding carboxylic acids is 1. The Morgan fingerprint density at radius 2 is 1.69 bits per heavy atom. The number of halogens is 3. The molecule has 1 amide bonds. The Hall–Kier alpha value is -2.64. The van der Waals surface area contributed by atoms with E-state index in [0.717, 1.165) is 18.1 Å². The molecular weight excluding hydrogens is 347 g/mol. The van der Waals surface area contributed by atoms with E-state index in [1.807, 2.05) is 31.2 Å². The van der Waals surface area contributed by atoms with Gasteiger partial charge in [-0.1, -0.05) is 24.3 Å². The van der Waals surface area contributed by atoms with Crippen LogP contribution in [0.2, 0.25) is 0 Å². The molecule has 0 fully saturated rings. The molecule has 5 nitrogen and oxygen atoms in total. The van der Waals surface area contributed by atoms with E-state index in [9.17, 15) is 18.0 Å². The van der Waals surface area contributed by atoms with Crippen LogP contribution in [-0.2, 0) is 11.2 Å². The second-order valence-electron chi connectivity index (χ2n) is 6.06. The molecule has 0 aliphatic heterocycles. The monoisotopic (exact) mass is 367 g/mol. The van der Waals surface area contributed by atoms with Crippen molar-refractivity contribution >= 4 is 5.91 Å². The van der Waals surface area contributed by atoms with E-state index in [1.165, 1.54) is 19.3 Å². The van der Waals surface area contributed by atoms with Gasteiger partial charge in [0.25, 0.3) is 0 Å². The van der Waals surface area contributed by atoms with Crippen molar-refractivity contribution in [1.82, 2.24) is 15.3 Å². The van der Waals surface area contributed by atoms with Gasteiger partial charge in [-0.25, -0.2) is 9.97 Å². The Balaban J connectivity index is 2.02. The molecule has 1 heterocycles. The number of alkyl halides is 3. The first kappa shape index (κ1) is 19.7. The van der Waals surface area contributed by atoms with Crippen LogP contribution in [-0.4, -0.2) is 34.2 Å². The highest BCUT2D eigenvalue weighted by atomic mass is 19.4. The normalized spacial score (nSPS) is 13.8. The molecule has 2 rings (SSSR count). The number of hydrogen-bond acceptors (Lipinski definition) is 4. The fourth-order valence-corrected chi connectivity index (χ4v) is 2.34. The maximum absolute atomic E-state index is 12.5. The minimum atomic E-state index is -4.47. The summed E-state index contributed by atoms with van der Waals surface area (Å²) >= 11 is 0. The van der Waals surface area contributed by atoms with Crippen LogP contribution in [0.1, 0.15) is 26.3 Å². The molecule has 8 heteroatoms. The fraction of sp³-hybridized carbons (Fsp3) is 0.389. The van der Waals surface area contributed by atoms with E-state index >= 15 is 0 Å². The molecule has 2 aromatic rings. The zero-order valence-corrected chi connectivity index (χ0v) is 14.7. The molecule has 0 aliphatic carbocycles. The van der Waals surface area contributed by atoms with Crippen LogP contribution in [0.25, 0.3) is 11.1 Å². The number of hydrogen-bond donors (Lipinski definition) is 1. The smallest absolute Gasteiger partial charge is 0.425 e. The lowest BCUT2D eigenvalue weighted by atomic mass is 10.0. The molecule has 26 heavy (non-hydrogen) atoms. The molecule has 1 aromatic heterocycles. The summed E-state index contributed by atoms with van der Waals surface area (Å²) in [7, 11) is 0. The molecule has 1 aromatic carbocycles. The Bertz CT molecular complexity index is 731. The van der Waals surface area contributed by atoms with Gasteiger partial charge < -0.3 is 10.1 Å². The SMILES string of the molecule is CC(=O)NC(C)Cc1ccc(-c2cnc(OC(C)C(F)(F)F)nc2)cc1. The molecule has 0 saturated heterocycles. The van der Waals surface area contributed by atoms with Gasteiger partial charge in [0.1, 0.15) is 0 Å². The highest BCUT2D eigenvalue weighted by molar-refractivity contribution is 5.73. The first-order valence-corrected chi connectivity index (χ1v) is 8.07. The van der Waals surface area contributed by atoms with Gasteiger partial charge in [-0.3, -0.25) is 4.79 Å². The molecular formula is C18H20F3N3O2. The number of carbonyl (C=O) groups is 1. The zero-order valence-electron chi connectivity index (χ0n) is 14.7. The van der Waals surface area contributed by atoms with Gasteiger partial charge in [-0.05, 0) is 31.4 Å². The predicted molar refractivity (Wildman–Crippen MR) is 90.6 cm³/mol. The van der Waals surface area contributed by atoms with E-state index in [-0.39, 0.29) is 18.0 Å². The summed E-state index contributed by atoms with van der Waals surface area (Å²) in [4.78, 5) is 18.7. The predicted octanol–water partition coefficient (Wildman–Crippen LogP) is 3.54. The number of rotatable bonds is 6. The van der Waals surface area contributed by atoms with Crippen molar-refractivity contribution in [2.24, 2.45) is 0 Å². The summed E-state index contributed by atoms with van der Waals surface area (Å²) in [5.41, 5.74) is 2.55. The zero-order chi connectivity index (χ0) is 19.3. The number of aromatic nitrogens is 2. The van der Waals surface area contributed by atoms with Gasteiger partial charge in [-0.2, -0.15) is 13.2 Å². The number of ether oxygens (including phenoxy) is 1. The summed E-state index contributed by atoms with van der Waals surface area (Å²) in [5.74, 6) is -0.0755. The van der Waals surface area contributed by atoms with Crippen LogP contribution in [0.3, 0.4) is 0 Å². The molecule has 140 valence electrons. The summed E-state index contributed by atoms with van der Waals surface area (Å²) in [6, 6.07) is 7.28. The minimum absolute atomic E-state index is 0.0220. The summed E-state index contributed by atoms with van der Waals surface area (Å²) in [6.07, 6.45) is -2.91. The Labute approximate surface area is 149 Å². The maximum Gasteiger partial charge on any atom is 0.425 e. The van der Waals surface area contributed by atoms with Crippen LogP contribution >= 0.6 is 0 Å². The van der Waals surface area contributed by atoms with Crippen molar-refractivity contribution < 1.29 is 22.7 Å². The molecule has 0 aliphatic rings. The first-order chi connectivity index (χ1) is 12.1. The average molecular weight is 367 g/mol. The molecule has 1 N–H and O–H groups in total. The summed E-state index contributed by atoms with van der Waals surface area (Å²) in [6.45, 7) is 4.30. The van der Waals surface area contributed by atoms with Gasteiger partial charge in [0.2, 0.25) is 5.91 Å². The van der Waals surface area contributed by atoms with Crippen LogP contribution in [0, 0.1) is 0 Å². The average Bonchev–Trinajstić information content (AvgIpc) is 2.54. The lowest BCUT2D eigenvalue weighted by Gasteiger charge is -2.16. The van der Waals surface area contributed by atoms with Crippen LogP contribution in [0.4, 0.5) is 13.2 Å². The standard InChI is InChI=1S/C18H20F3N3O2/c1-11(24-13(3)25)8-14-4-6-15(7-5-14)16-9-22-17(23-10-16)26-12(2)18(19,20)21/h4-7,9-12H,8H2,1-3H3,(H,24,25). The highest BCUT2D eigenvalue weighted by Crippen LogP contribution is 2.24. The van der Waals surface area contributed by atoms with Gasteiger partial charge in [0, 0.05) is 30.9 Å². The molecule has 2 unspecified atom stereocenters. The van der Waals surface area contributed by atoms with Crippen molar-refractivity contribution in [2.45, 2.75) is 45.5 Å². The second kappa shape index (κ2) is 8.16. The third-order valence-electron chi connectivity index (χ3n) is 3.65. The van der Waals surface area contributed by atoms with Crippen LogP contribution in [0.5, 0.6) is 6.01 Å². The third-order valence-corrected chi connectivity index (χ3v) is 3.65. The fourth-order valence-electron chi connectivity index (χ4n) is 2.34. The first-order valence-electron chi connectivity index (χ1n) is 8.07. The van der Waals surface area contributed by atoms with Gasteiger partial charge in [0.15, 0.2) is 6.10 Å². The second-order valence-corrected chi connectivity index (χ2v) is 6.06. The van der Waals surface area contributed by atoms with Crippen LogP contribution in [0.15, 0.2) is 36.7 Å². The Kier molecular flexibility index (Phi) is 6.18. The largest absolute Gasteiger partial charge is 0.451 e. The van der Waals surface area contributed by atoms with Gasteiger partial charge in [-0.15, -0.1) is 0 Å². The summed E-state index contributed by atoms with van der Waals surface area (Å²) in [5, 5.41) is 2.82. The molecule has 0 saturated carbocycles. The molecule has 2 atom stereocenters. The number of nitrogens with one attached hydrogen (secondary N) is 1. The lowest BCUT2D eigenvalue weighted by Crippen LogP contribution is -2.31. The van der Waals surface area contributed by atoms with Crippen molar-refractivity contribution in [3.63, 3.8) is 0 Å². The quantitative estimate of drug-likeness (QED) is 0.848. The molecule has 0 radical (unpaired) electrons. The minimum Gasteiger partial charge on any atom is -0.451 e. The summed E-state index contributed by atoms with van der Waals surface area (Å²) < 4.78 is 42.1. The van der Waals surface area contributed by atoms with Gasteiger partial charge in [0.05, 0.1) is 0 Å².